The molecule has 2 aromatic rings. The van der Waals surface area contributed by atoms with E-state index in [-0.39, 0.29) is 17.7 Å². The summed E-state index contributed by atoms with van der Waals surface area (Å²) in [5.74, 6) is -0.312. The topological polar surface area (TPSA) is 106 Å². The van der Waals surface area contributed by atoms with Gasteiger partial charge in [-0.15, -0.1) is 24.5 Å². The van der Waals surface area contributed by atoms with Crippen LogP contribution in [0.15, 0.2) is 95.0 Å². The summed E-state index contributed by atoms with van der Waals surface area (Å²) in [7, 11) is 0. The van der Waals surface area contributed by atoms with Gasteiger partial charge in [-0.05, 0) is 68.3 Å². The minimum Gasteiger partial charge on any atom is -0.490 e. The number of hydrogen-bond donors (Lipinski definition) is 0. The first-order valence-corrected chi connectivity index (χ1v) is 17.4. The Morgan fingerprint density at radius 3 is 2.20 bits per heavy atom. The first-order valence-electron chi connectivity index (χ1n) is 16.6. The summed E-state index contributed by atoms with van der Waals surface area (Å²) in [6.45, 7) is 7.71. The Kier molecular flexibility index (Phi) is 14.3. The van der Waals surface area contributed by atoms with E-state index in [1.54, 1.807) is 42.5 Å². The number of nitriles is 3. The lowest BCUT2D eigenvalue weighted by molar-refractivity contribution is -0.303. The van der Waals surface area contributed by atoms with E-state index in [0.717, 1.165) is 66.3 Å². The van der Waals surface area contributed by atoms with Gasteiger partial charge in [0.2, 0.25) is 0 Å². The lowest BCUT2D eigenvalue weighted by Crippen LogP contribution is -2.36. The van der Waals surface area contributed by atoms with Gasteiger partial charge in [0.25, 0.3) is 0 Å². The molecule has 0 N–H and O–H groups in total. The van der Waals surface area contributed by atoms with Crippen LogP contribution in [0.5, 0.6) is 0 Å². The largest absolute Gasteiger partial charge is 0.573 e. The minimum atomic E-state index is -5.24. The Hall–Kier alpha value is -4.86. The fraction of sp³-hybridized carbons (Fsp3) is 0.359. The molecule has 2 heterocycles. The zero-order valence-electron chi connectivity index (χ0n) is 28.1. The molecular weight excluding hydrogens is 662 g/mol. The third-order valence-electron chi connectivity index (χ3n) is 7.95. The summed E-state index contributed by atoms with van der Waals surface area (Å²) < 4.78 is 55.8. The minimum absolute atomic E-state index is 0.0567. The summed E-state index contributed by atoms with van der Waals surface area (Å²) in [5, 5.41) is 28.7. The average Bonchev–Trinajstić information content (AvgIpc) is 3.84. The van der Waals surface area contributed by atoms with Crippen molar-refractivity contribution >= 4 is 29.1 Å². The molecule has 0 amide bonds. The molecular formula is C39H39F3N4O3S. The van der Waals surface area contributed by atoms with E-state index in [4.69, 9.17) is 9.47 Å². The highest BCUT2D eigenvalue weighted by Crippen LogP contribution is 2.34. The molecule has 1 aromatic carbocycles. The van der Waals surface area contributed by atoms with Gasteiger partial charge in [0.05, 0.1) is 6.61 Å². The number of thiophene rings is 1. The zero-order chi connectivity index (χ0) is 35.9. The van der Waals surface area contributed by atoms with Crippen molar-refractivity contribution in [2.45, 2.75) is 64.5 Å². The molecule has 0 saturated carbocycles. The van der Waals surface area contributed by atoms with Crippen LogP contribution in [0.3, 0.4) is 0 Å². The van der Waals surface area contributed by atoms with E-state index in [9.17, 15) is 29.0 Å². The van der Waals surface area contributed by atoms with Crippen LogP contribution in [0.2, 0.25) is 0 Å². The second kappa shape index (κ2) is 18.8. The smallest absolute Gasteiger partial charge is 0.490 e. The molecule has 2 atom stereocenters. The van der Waals surface area contributed by atoms with E-state index in [1.807, 2.05) is 24.3 Å². The fourth-order valence-corrected chi connectivity index (χ4v) is 6.08. The van der Waals surface area contributed by atoms with E-state index in [2.05, 4.69) is 35.6 Å². The third kappa shape index (κ3) is 11.4. The van der Waals surface area contributed by atoms with E-state index < -0.39 is 23.3 Å². The summed E-state index contributed by atoms with van der Waals surface area (Å²) in [5.41, 5.74) is -0.121. The van der Waals surface area contributed by atoms with Gasteiger partial charge in [-0.3, -0.25) is 4.90 Å². The van der Waals surface area contributed by atoms with Gasteiger partial charge in [0.15, 0.2) is 11.3 Å². The first-order chi connectivity index (χ1) is 24.2. The number of allylic oxidation sites excluding steroid dienone is 5. The molecule has 0 spiro atoms. The van der Waals surface area contributed by atoms with Gasteiger partial charge in [0, 0.05) is 26.9 Å². The van der Waals surface area contributed by atoms with Crippen molar-refractivity contribution in [3.8, 4) is 18.2 Å². The maximum absolute atomic E-state index is 13.4. The predicted octanol–water partition coefficient (Wildman–Crippen LogP) is 9.49. The van der Waals surface area contributed by atoms with Crippen molar-refractivity contribution in [2.24, 2.45) is 0 Å². The van der Waals surface area contributed by atoms with Crippen LogP contribution in [-0.2, 0) is 14.2 Å². The molecule has 1 saturated heterocycles. The molecule has 260 valence electrons. The second-order valence-electron chi connectivity index (χ2n) is 11.7. The van der Waals surface area contributed by atoms with Crippen molar-refractivity contribution in [1.29, 1.82) is 15.8 Å². The average molecular weight is 701 g/mol. The Bertz CT molecular complexity index is 1750. The highest BCUT2D eigenvalue weighted by Gasteiger charge is 2.36. The van der Waals surface area contributed by atoms with Crippen LogP contribution in [0.25, 0.3) is 17.7 Å². The quantitative estimate of drug-likeness (QED) is 0.0701. The number of hydrogen-bond acceptors (Lipinski definition) is 8. The Balaban J connectivity index is 1.61. The van der Waals surface area contributed by atoms with Gasteiger partial charge in [0.1, 0.15) is 42.3 Å². The molecule has 0 radical (unpaired) electrons. The molecule has 2 aliphatic rings. The van der Waals surface area contributed by atoms with Crippen molar-refractivity contribution in [2.75, 3.05) is 26.3 Å². The molecule has 2 unspecified atom stereocenters. The van der Waals surface area contributed by atoms with Gasteiger partial charge in [-0.25, -0.2) is 0 Å². The van der Waals surface area contributed by atoms with Crippen LogP contribution < -0.4 is 0 Å². The summed E-state index contributed by atoms with van der Waals surface area (Å²) in [4.78, 5) is 4.23. The van der Waals surface area contributed by atoms with Crippen LogP contribution in [0.1, 0.15) is 61.3 Å². The number of alkyl halides is 3. The number of rotatable bonds is 17. The number of benzene rings is 1. The molecule has 1 aliphatic carbocycles. The van der Waals surface area contributed by atoms with Crippen molar-refractivity contribution in [3.05, 3.63) is 110 Å². The maximum atomic E-state index is 13.4. The van der Waals surface area contributed by atoms with Gasteiger partial charge >= 0.3 is 6.36 Å². The molecule has 4 rings (SSSR count). The number of ether oxygens (including phenoxy) is 3. The third-order valence-corrected chi connectivity index (χ3v) is 8.97. The van der Waals surface area contributed by atoms with Gasteiger partial charge in [-0.1, -0.05) is 75.2 Å². The predicted molar refractivity (Wildman–Crippen MR) is 188 cm³/mol. The lowest BCUT2D eigenvalue weighted by Gasteiger charge is -2.32. The number of nitrogens with zero attached hydrogens (tertiary/aromatic N) is 4. The van der Waals surface area contributed by atoms with Crippen LogP contribution in [0.4, 0.5) is 13.2 Å². The normalized spacial score (nSPS) is 17.7. The van der Waals surface area contributed by atoms with Crippen molar-refractivity contribution in [3.63, 3.8) is 0 Å². The molecule has 11 heteroatoms. The van der Waals surface area contributed by atoms with Gasteiger partial charge in [-0.2, -0.15) is 15.8 Å². The van der Waals surface area contributed by atoms with Crippen LogP contribution >= 0.6 is 11.3 Å². The summed E-state index contributed by atoms with van der Waals surface area (Å²) in [6, 6.07) is 16.9. The Morgan fingerprint density at radius 2 is 1.62 bits per heavy atom. The highest BCUT2D eigenvalue weighted by molar-refractivity contribution is 7.13. The highest BCUT2D eigenvalue weighted by atomic mass is 32.1. The number of epoxide rings is 1. The second-order valence-corrected chi connectivity index (χ2v) is 12.8. The van der Waals surface area contributed by atoms with Crippen molar-refractivity contribution in [1.82, 2.24) is 4.90 Å². The molecule has 0 bridgehead atoms. The van der Waals surface area contributed by atoms with Gasteiger partial charge < -0.3 is 14.2 Å². The van der Waals surface area contributed by atoms with Crippen LogP contribution in [-0.4, -0.2) is 49.7 Å². The zero-order valence-corrected chi connectivity index (χ0v) is 28.9. The lowest BCUT2D eigenvalue weighted by atomic mass is 9.97. The van der Waals surface area contributed by atoms with E-state index >= 15 is 0 Å². The standard InChI is InChI=1S/C39H39F3N4O3S/c1-3-5-20-46(21-6-4-2)31-14-12-29(37(22-31)48-27-32-26-47-32)13-15-33-16-17-34(50-33)18-19-35(28-10-8-7-9-11-28)36(25-45)38(30(23-43)24-44)49-39(40,41)42/h7-13,15-19,22,31-32H,3-6,14,20-21,26-27H2,1-2H3/b15-13+,19-18+,36-35-. The monoisotopic (exact) mass is 700 g/mol. The van der Waals surface area contributed by atoms with E-state index in [0.29, 0.717) is 18.8 Å². The van der Waals surface area contributed by atoms with Crippen LogP contribution in [0, 0.1) is 34.0 Å². The number of unbranched alkanes of at least 4 members (excludes halogenated alkanes) is 2. The molecule has 1 aliphatic heterocycles. The number of halogens is 3. The SMILES string of the molecule is CCCCN(CCCC)C1C=C(OCC2CO2)C(/C=C/c2ccc(/C=C/C(=C(\C#N)C(OC(F)(F)F)=C(C#N)C#N)c3ccccc3)s2)=CC1. The van der Waals surface area contributed by atoms with Crippen molar-refractivity contribution < 1.29 is 27.4 Å². The molecule has 1 aromatic heterocycles. The Labute approximate surface area is 295 Å². The summed E-state index contributed by atoms with van der Waals surface area (Å²) in [6.07, 6.45) is 12.0. The molecule has 1 fully saturated rings. The molecule has 50 heavy (non-hydrogen) atoms. The maximum Gasteiger partial charge on any atom is 0.573 e. The summed E-state index contributed by atoms with van der Waals surface area (Å²) >= 11 is 1.44. The Morgan fingerprint density at radius 1 is 0.960 bits per heavy atom. The fourth-order valence-electron chi connectivity index (χ4n) is 5.27. The van der Waals surface area contributed by atoms with E-state index in [1.165, 1.54) is 29.6 Å². The molecule has 7 nitrogen and oxygen atoms in total. The first kappa shape index (κ1) is 38.0.